The van der Waals surface area contributed by atoms with Crippen LogP contribution in [-0.2, 0) is 9.53 Å². The fourth-order valence-electron chi connectivity index (χ4n) is 2.56. The number of esters is 1. The molecular formula is C17H20Cl2N2O3. The Morgan fingerprint density at radius 2 is 2.04 bits per heavy atom. The van der Waals surface area contributed by atoms with Gasteiger partial charge < -0.3 is 15.4 Å². The Hall–Kier alpha value is -1.72. The number of rotatable bonds is 6. The molecule has 0 unspecified atom stereocenters. The van der Waals surface area contributed by atoms with E-state index in [0.29, 0.717) is 27.9 Å². The fourth-order valence-corrected chi connectivity index (χ4v) is 2.87. The largest absolute Gasteiger partial charge is 0.465 e. The van der Waals surface area contributed by atoms with Gasteiger partial charge in [0.1, 0.15) is 5.92 Å². The molecule has 1 saturated heterocycles. The predicted molar refractivity (Wildman–Crippen MR) is 94.0 cm³/mol. The van der Waals surface area contributed by atoms with E-state index in [0.717, 1.165) is 19.3 Å². The molecular weight excluding hydrogens is 351 g/mol. The number of nitrogens with one attached hydrogen (secondary N) is 2. The van der Waals surface area contributed by atoms with Gasteiger partial charge in [-0.1, -0.05) is 55.6 Å². The third kappa shape index (κ3) is 4.42. The molecule has 0 spiro atoms. The topological polar surface area (TPSA) is 67.4 Å². The number of hydrogen-bond acceptors (Lipinski definition) is 3. The minimum Gasteiger partial charge on any atom is -0.465 e. The first-order chi connectivity index (χ1) is 11.4. The molecule has 0 aliphatic carbocycles. The van der Waals surface area contributed by atoms with Gasteiger partial charge >= 0.3 is 12.0 Å². The molecule has 1 aromatic carbocycles. The Balaban J connectivity index is 2.20. The first-order valence-electron chi connectivity index (χ1n) is 7.82. The zero-order chi connectivity index (χ0) is 17.7. The highest BCUT2D eigenvalue weighted by Crippen LogP contribution is 2.33. The highest BCUT2D eigenvalue weighted by Gasteiger charge is 2.39. The van der Waals surface area contributed by atoms with Gasteiger partial charge in [-0.25, -0.2) is 4.79 Å². The second-order valence-corrected chi connectivity index (χ2v) is 6.44. The first kappa shape index (κ1) is 18.6. The molecule has 24 heavy (non-hydrogen) atoms. The van der Waals surface area contributed by atoms with E-state index in [2.05, 4.69) is 24.1 Å². The zero-order valence-electron chi connectivity index (χ0n) is 13.4. The maximum absolute atomic E-state index is 12.5. The SMILES string of the molecule is C=C1NC(=O)N[C@@H](c2ccc(Cl)c(Cl)c2)[C@@H]1C(=O)OCCCCC. The van der Waals surface area contributed by atoms with E-state index >= 15 is 0 Å². The van der Waals surface area contributed by atoms with Crippen molar-refractivity contribution in [3.63, 3.8) is 0 Å². The molecule has 1 aliphatic rings. The Bertz CT molecular complexity index is 649. The fraction of sp³-hybridized carbons (Fsp3) is 0.412. The maximum Gasteiger partial charge on any atom is 0.319 e. The van der Waals surface area contributed by atoms with Crippen molar-refractivity contribution in [1.29, 1.82) is 0 Å². The molecule has 0 aromatic heterocycles. The van der Waals surface area contributed by atoms with Crippen LogP contribution in [0.3, 0.4) is 0 Å². The lowest BCUT2D eigenvalue weighted by molar-refractivity contribution is -0.148. The Morgan fingerprint density at radius 1 is 1.29 bits per heavy atom. The summed E-state index contributed by atoms with van der Waals surface area (Å²) in [5, 5.41) is 6.01. The normalized spacial score (nSPS) is 20.3. The van der Waals surface area contributed by atoms with Gasteiger partial charge in [0, 0.05) is 5.70 Å². The molecule has 0 bridgehead atoms. The number of hydrogen-bond donors (Lipinski definition) is 2. The summed E-state index contributed by atoms with van der Waals surface area (Å²) >= 11 is 12.0. The highest BCUT2D eigenvalue weighted by molar-refractivity contribution is 6.42. The average Bonchev–Trinajstić information content (AvgIpc) is 2.53. The zero-order valence-corrected chi connectivity index (χ0v) is 14.9. The van der Waals surface area contributed by atoms with Crippen molar-refractivity contribution in [1.82, 2.24) is 10.6 Å². The van der Waals surface area contributed by atoms with E-state index in [1.807, 2.05) is 0 Å². The molecule has 2 rings (SSSR count). The second-order valence-electron chi connectivity index (χ2n) is 5.63. The Labute approximate surface area is 151 Å². The smallest absolute Gasteiger partial charge is 0.319 e. The maximum atomic E-state index is 12.5. The van der Waals surface area contributed by atoms with Gasteiger partial charge in [0.2, 0.25) is 0 Å². The van der Waals surface area contributed by atoms with Crippen molar-refractivity contribution in [2.75, 3.05) is 6.61 Å². The van der Waals surface area contributed by atoms with Gasteiger partial charge in [-0.3, -0.25) is 4.79 Å². The van der Waals surface area contributed by atoms with Crippen LogP contribution >= 0.6 is 23.2 Å². The van der Waals surface area contributed by atoms with Crippen LogP contribution in [0.2, 0.25) is 10.0 Å². The third-order valence-electron chi connectivity index (χ3n) is 3.82. The molecule has 0 radical (unpaired) electrons. The van der Waals surface area contributed by atoms with Crippen molar-refractivity contribution >= 4 is 35.2 Å². The lowest BCUT2D eigenvalue weighted by Gasteiger charge is -2.33. The molecule has 1 aliphatic heterocycles. The van der Waals surface area contributed by atoms with Crippen LogP contribution < -0.4 is 10.6 Å². The Kier molecular flexibility index (Phi) is 6.52. The van der Waals surface area contributed by atoms with Crippen LogP contribution in [-0.4, -0.2) is 18.6 Å². The summed E-state index contributed by atoms with van der Waals surface area (Å²) in [5.41, 5.74) is 0.964. The molecule has 2 N–H and O–H groups in total. The summed E-state index contributed by atoms with van der Waals surface area (Å²) in [6.45, 7) is 6.22. The summed E-state index contributed by atoms with van der Waals surface area (Å²) in [4.78, 5) is 24.3. The first-order valence-corrected chi connectivity index (χ1v) is 8.57. The van der Waals surface area contributed by atoms with Crippen molar-refractivity contribution in [3.05, 3.63) is 46.1 Å². The molecule has 0 saturated carbocycles. The number of ether oxygens (including phenoxy) is 1. The average molecular weight is 371 g/mol. The molecule has 7 heteroatoms. The van der Waals surface area contributed by atoms with E-state index in [1.165, 1.54) is 0 Å². The lowest BCUT2D eigenvalue weighted by Crippen LogP contribution is -2.51. The molecule has 1 fully saturated rings. The quantitative estimate of drug-likeness (QED) is 0.582. The number of benzene rings is 1. The predicted octanol–water partition coefficient (Wildman–Crippen LogP) is 4.21. The standard InChI is InChI=1S/C17H20Cl2N2O3/c1-3-4-5-8-24-16(22)14-10(2)20-17(23)21-15(14)11-6-7-12(18)13(19)9-11/h6-7,9,14-15H,2-5,8H2,1H3,(H2,20,21,23)/t14-,15+/m1/s1. The number of unbranched alkanes of at least 4 members (excludes halogenated alkanes) is 2. The van der Waals surface area contributed by atoms with Gasteiger partial charge in [-0.05, 0) is 24.1 Å². The van der Waals surface area contributed by atoms with E-state index < -0.39 is 24.0 Å². The van der Waals surface area contributed by atoms with E-state index in [-0.39, 0.29) is 0 Å². The van der Waals surface area contributed by atoms with Gasteiger partial charge in [0.25, 0.3) is 0 Å². The van der Waals surface area contributed by atoms with Crippen molar-refractivity contribution < 1.29 is 14.3 Å². The molecule has 1 aromatic rings. The van der Waals surface area contributed by atoms with Crippen LogP contribution in [0, 0.1) is 5.92 Å². The summed E-state index contributed by atoms with van der Waals surface area (Å²) in [6, 6.07) is 3.94. The summed E-state index contributed by atoms with van der Waals surface area (Å²) < 4.78 is 5.34. The van der Waals surface area contributed by atoms with Gasteiger partial charge in [0.05, 0.1) is 22.7 Å². The molecule has 2 amide bonds. The van der Waals surface area contributed by atoms with Crippen molar-refractivity contribution in [2.24, 2.45) is 5.92 Å². The molecule has 2 atom stereocenters. The second kappa shape index (κ2) is 8.40. The van der Waals surface area contributed by atoms with Gasteiger partial charge in [-0.2, -0.15) is 0 Å². The van der Waals surface area contributed by atoms with E-state index in [9.17, 15) is 9.59 Å². The Morgan fingerprint density at radius 3 is 2.71 bits per heavy atom. The molecule has 1 heterocycles. The molecule has 5 nitrogen and oxygen atoms in total. The number of halogens is 2. The number of carbonyl (C=O) groups excluding carboxylic acids is 2. The molecule has 130 valence electrons. The van der Waals surface area contributed by atoms with Gasteiger partial charge in [0.15, 0.2) is 0 Å². The van der Waals surface area contributed by atoms with Crippen LogP contribution in [0.15, 0.2) is 30.5 Å². The summed E-state index contributed by atoms with van der Waals surface area (Å²) in [5.74, 6) is -1.17. The van der Waals surface area contributed by atoms with Crippen LogP contribution in [0.1, 0.15) is 37.8 Å². The monoisotopic (exact) mass is 370 g/mol. The number of amides is 2. The van der Waals surface area contributed by atoms with Crippen LogP contribution in [0.25, 0.3) is 0 Å². The number of urea groups is 1. The van der Waals surface area contributed by atoms with Crippen LogP contribution in [0.5, 0.6) is 0 Å². The number of carbonyl (C=O) groups is 2. The van der Waals surface area contributed by atoms with E-state index in [1.54, 1.807) is 18.2 Å². The van der Waals surface area contributed by atoms with Crippen LogP contribution in [0.4, 0.5) is 4.79 Å². The third-order valence-corrected chi connectivity index (χ3v) is 4.56. The highest BCUT2D eigenvalue weighted by atomic mass is 35.5. The van der Waals surface area contributed by atoms with E-state index in [4.69, 9.17) is 27.9 Å². The summed E-state index contributed by atoms with van der Waals surface area (Å²) in [6.07, 6.45) is 2.83. The minimum absolute atomic E-state index is 0.301. The minimum atomic E-state index is -0.735. The van der Waals surface area contributed by atoms with Crippen molar-refractivity contribution in [2.45, 2.75) is 32.2 Å². The van der Waals surface area contributed by atoms with Crippen molar-refractivity contribution in [3.8, 4) is 0 Å². The summed E-state index contributed by atoms with van der Waals surface area (Å²) in [7, 11) is 0. The lowest BCUT2D eigenvalue weighted by atomic mass is 9.89. The van der Waals surface area contributed by atoms with Gasteiger partial charge in [-0.15, -0.1) is 0 Å².